The van der Waals surface area contributed by atoms with Gasteiger partial charge in [0.25, 0.3) is 12.3 Å². The third-order valence-electron chi connectivity index (χ3n) is 6.53. The highest BCUT2D eigenvalue weighted by Crippen LogP contribution is 2.30. The standard InChI is InChI=1S/C25H23F7N4O3/c26-5-4-19(22(31)32)33-25(39)15-10-36(20-16(28)7-12(27)8-17(20)29)23-14(21(15)38)9-18(30)24(34-23)35-6-2-1-3-13(35)11-37/h7-10,13,19,22,37H,1-6,11H2,(H,33,39)/t13-,19-/m0/s1. The van der Waals surface area contributed by atoms with Crippen molar-refractivity contribution < 1.29 is 40.6 Å². The maximum atomic E-state index is 15.3. The largest absolute Gasteiger partial charge is 0.394 e. The van der Waals surface area contributed by atoms with Crippen molar-refractivity contribution in [2.75, 3.05) is 24.7 Å². The molecular formula is C25H23F7N4O3. The molecule has 39 heavy (non-hydrogen) atoms. The van der Waals surface area contributed by atoms with Gasteiger partial charge in [0.05, 0.1) is 30.8 Å². The number of carbonyl (C=O) groups is 1. The van der Waals surface area contributed by atoms with Crippen LogP contribution in [0.1, 0.15) is 36.0 Å². The molecule has 0 saturated carbocycles. The zero-order valence-corrected chi connectivity index (χ0v) is 20.2. The first-order chi connectivity index (χ1) is 18.6. The van der Waals surface area contributed by atoms with E-state index in [0.29, 0.717) is 41.8 Å². The van der Waals surface area contributed by atoms with Gasteiger partial charge in [-0.15, -0.1) is 0 Å². The zero-order chi connectivity index (χ0) is 28.4. The molecule has 1 fully saturated rings. The number of hydrogen-bond acceptors (Lipinski definition) is 5. The van der Waals surface area contributed by atoms with E-state index in [1.807, 2.05) is 5.32 Å². The van der Waals surface area contributed by atoms with Crippen molar-refractivity contribution in [2.45, 2.75) is 44.2 Å². The normalized spacial score (nSPS) is 16.6. The Kier molecular flexibility index (Phi) is 8.42. The average molecular weight is 560 g/mol. The van der Waals surface area contributed by atoms with E-state index in [1.54, 1.807) is 0 Å². The number of hydrogen-bond donors (Lipinski definition) is 2. The van der Waals surface area contributed by atoms with Gasteiger partial charge in [0.1, 0.15) is 17.1 Å². The van der Waals surface area contributed by atoms with Gasteiger partial charge in [-0.25, -0.2) is 31.3 Å². The topological polar surface area (TPSA) is 87.5 Å². The Labute approximate surface area is 216 Å². The van der Waals surface area contributed by atoms with Gasteiger partial charge < -0.3 is 15.3 Å². The number of nitrogens with zero attached hydrogens (tertiary/aromatic N) is 3. The van der Waals surface area contributed by atoms with Crippen LogP contribution in [0.5, 0.6) is 0 Å². The zero-order valence-electron chi connectivity index (χ0n) is 20.2. The molecule has 210 valence electrons. The van der Waals surface area contributed by atoms with Crippen LogP contribution in [-0.4, -0.2) is 58.9 Å². The van der Waals surface area contributed by atoms with Gasteiger partial charge in [-0.1, -0.05) is 0 Å². The van der Waals surface area contributed by atoms with Crippen molar-refractivity contribution in [1.29, 1.82) is 0 Å². The minimum atomic E-state index is -3.20. The molecule has 1 aliphatic rings. The van der Waals surface area contributed by atoms with Gasteiger partial charge in [-0.05, 0) is 25.3 Å². The third kappa shape index (κ3) is 5.56. The number of aromatic nitrogens is 2. The molecule has 0 aliphatic carbocycles. The summed E-state index contributed by atoms with van der Waals surface area (Å²) >= 11 is 0. The third-order valence-corrected chi connectivity index (χ3v) is 6.53. The van der Waals surface area contributed by atoms with E-state index in [-0.39, 0.29) is 19.0 Å². The summed E-state index contributed by atoms with van der Waals surface area (Å²) in [6.07, 6.45) is -1.52. The molecule has 7 nitrogen and oxygen atoms in total. The molecule has 0 bridgehead atoms. The first-order valence-electron chi connectivity index (χ1n) is 12.0. The van der Waals surface area contributed by atoms with Crippen LogP contribution in [-0.2, 0) is 0 Å². The lowest BCUT2D eigenvalue weighted by atomic mass is 10.0. The number of fused-ring (bicyclic) bond motifs is 1. The van der Waals surface area contributed by atoms with Crippen LogP contribution in [0.25, 0.3) is 16.7 Å². The molecule has 1 aliphatic heterocycles. The number of halogens is 7. The molecule has 2 atom stereocenters. The van der Waals surface area contributed by atoms with Crippen molar-refractivity contribution >= 4 is 22.8 Å². The second kappa shape index (κ2) is 11.6. The lowest BCUT2D eigenvalue weighted by molar-refractivity contribution is 0.0708. The Bertz CT molecular complexity index is 1430. The molecule has 0 radical (unpaired) electrons. The number of anilines is 1. The number of pyridine rings is 2. The fourth-order valence-corrected chi connectivity index (χ4v) is 4.61. The Morgan fingerprint density at radius 1 is 1.10 bits per heavy atom. The molecular weight excluding hydrogens is 537 g/mol. The van der Waals surface area contributed by atoms with E-state index < -0.39 is 88.5 Å². The summed E-state index contributed by atoms with van der Waals surface area (Å²) in [4.78, 5) is 31.6. The molecule has 1 aromatic carbocycles. The van der Waals surface area contributed by atoms with Crippen LogP contribution >= 0.6 is 0 Å². The first-order valence-corrected chi connectivity index (χ1v) is 12.0. The number of rotatable bonds is 8. The van der Waals surface area contributed by atoms with Crippen LogP contribution in [0.2, 0.25) is 0 Å². The second-order valence-corrected chi connectivity index (χ2v) is 9.04. The van der Waals surface area contributed by atoms with Crippen LogP contribution in [0.3, 0.4) is 0 Å². The molecule has 1 saturated heterocycles. The predicted octanol–water partition coefficient (Wildman–Crippen LogP) is 4.02. The Balaban J connectivity index is 1.98. The first kappa shape index (κ1) is 28.3. The van der Waals surface area contributed by atoms with E-state index in [2.05, 4.69) is 4.98 Å². The molecule has 1 amide bonds. The van der Waals surface area contributed by atoms with Gasteiger partial charge in [-0.2, -0.15) is 0 Å². The monoisotopic (exact) mass is 560 g/mol. The number of nitrogens with one attached hydrogen (secondary N) is 1. The lowest BCUT2D eigenvalue weighted by Crippen LogP contribution is -2.43. The number of amides is 1. The van der Waals surface area contributed by atoms with Gasteiger partial charge >= 0.3 is 0 Å². The van der Waals surface area contributed by atoms with E-state index in [0.717, 1.165) is 6.42 Å². The van der Waals surface area contributed by atoms with Crippen LogP contribution in [0.4, 0.5) is 36.6 Å². The van der Waals surface area contributed by atoms with E-state index in [9.17, 15) is 41.0 Å². The second-order valence-electron chi connectivity index (χ2n) is 9.04. The molecule has 14 heteroatoms. The number of carbonyl (C=O) groups excluding carboxylic acids is 1. The fraction of sp³-hybridized carbons (Fsp3) is 0.400. The maximum Gasteiger partial charge on any atom is 0.258 e. The molecule has 4 rings (SSSR count). The average Bonchev–Trinajstić information content (AvgIpc) is 2.88. The Morgan fingerprint density at radius 3 is 2.41 bits per heavy atom. The number of alkyl halides is 3. The maximum absolute atomic E-state index is 15.3. The van der Waals surface area contributed by atoms with Gasteiger partial charge in [0.15, 0.2) is 28.9 Å². The molecule has 0 spiro atoms. The van der Waals surface area contributed by atoms with Gasteiger partial charge in [0, 0.05) is 31.3 Å². The summed E-state index contributed by atoms with van der Waals surface area (Å²) in [5.74, 6) is -7.03. The van der Waals surface area contributed by atoms with Crippen molar-refractivity contribution in [3.05, 3.63) is 63.5 Å². The highest BCUT2D eigenvalue weighted by atomic mass is 19.3. The SMILES string of the molecule is O=C(N[C@@H](CCF)C(F)F)c1cn(-c2c(F)cc(F)cc2F)c2nc(N3CCCC[C@H]3CO)c(F)cc2c1=O. The smallest absolute Gasteiger partial charge is 0.258 e. The summed E-state index contributed by atoms with van der Waals surface area (Å²) in [6, 6.07) is -1.19. The number of aliphatic hydroxyl groups excluding tert-OH is 1. The highest BCUT2D eigenvalue weighted by molar-refractivity contribution is 5.97. The Morgan fingerprint density at radius 2 is 1.79 bits per heavy atom. The fourth-order valence-electron chi connectivity index (χ4n) is 4.61. The van der Waals surface area contributed by atoms with Crippen molar-refractivity contribution in [1.82, 2.24) is 14.9 Å². The van der Waals surface area contributed by atoms with Crippen molar-refractivity contribution in [2.24, 2.45) is 0 Å². The van der Waals surface area contributed by atoms with Crippen LogP contribution in [0, 0.1) is 23.3 Å². The van der Waals surface area contributed by atoms with Gasteiger partial charge in [-0.3, -0.25) is 18.5 Å². The molecule has 0 unspecified atom stereocenters. The van der Waals surface area contributed by atoms with E-state index in [1.165, 1.54) is 4.90 Å². The predicted molar refractivity (Wildman–Crippen MR) is 127 cm³/mol. The van der Waals surface area contributed by atoms with Crippen molar-refractivity contribution in [3.8, 4) is 5.69 Å². The molecule has 2 aromatic heterocycles. The molecule has 3 heterocycles. The lowest BCUT2D eigenvalue weighted by Gasteiger charge is -2.35. The number of piperidine rings is 1. The van der Waals surface area contributed by atoms with Crippen LogP contribution < -0.4 is 15.6 Å². The summed E-state index contributed by atoms with van der Waals surface area (Å²) in [7, 11) is 0. The quantitative estimate of drug-likeness (QED) is 0.407. The minimum absolute atomic E-state index is 0.272. The van der Waals surface area contributed by atoms with Crippen LogP contribution in [0.15, 0.2) is 29.2 Å². The summed E-state index contributed by atoms with van der Waals surface area (Å²) in [5, 5.41) is 10.9. The number of benzene rings is 1. The summed E-state index contributed by atoms with van der Waals surface area (Å²) in [6.45, 7) is -1.29. The molecule has 3 aromatic rings. The van der Waals surface area contributed by atoms with E-state index in [4.69, 9.17) is 0 Å². The minimum Gasteiger partial charge on any atom is -0.394 e. The number of aliphatic hydroxyl groups is 1. The highest BCUT2D eigenvalue weighted by Gasteiger charge is 2.30. The molecule has 2 N–H and O–H groups in total. The summed E-state index contributed by atoms with van der Waals surface area (Å²) in [5.41, 5.74) is -3.62. The van der Waals surface area contributed by atoms with E-state index >= 15 is 4.39 Å². The van der Waals surface area contributed by atoms with Crippen molar-refractivity contribution in [3.63, 3.8) is 0 Å². The summed E-state index contributed by atoms with van der Waals surface area (Å²) < 4.78 is 98.5. The van der Waals surface area contributed by atoms with Gasteiger partial charge in [0.2, 0.25) is 5.43 Å². The Hall–Kier alpha value is -3.68.